The van der Waals surface area contributed by atoms with Gasteiger partial charge in [-0.2, -0.15) is 0 Å². The van der Waals surface area contributed by atoms with Crippen LogP contribution in [0.2, 0.25) is 0 Å². The Morgan fingerprint density at radius 3 is 2.81 bits per heavy atom. The lowest BCUT2D eigenvalue weighted by Gasteiger charge is -2.12. The molecule has 0 aliphatic rings. The van der Waals surface area contributed by atoms with E-state index in [1.807, 2.05) is 35.8 Å². The van der Waals surface area contributed by atoms with Gasteiger partial charge in [0.15, 0.2) is 0 Å². The first-order chi connectivity index (χ1) is 9.69. The van der Waals surface area contributed by atoms with Crippen LogP contribution in [0.5, 0.6) is 0 Å². The average Bonchev–Trinajstić information content (AvgIpc) is 2.81. The summed E-state index contributed by atoms with van der Waals surface area (Å²) in [6, 6.07) is 7.79. The Morgan fingerprint density at radius 2 is 2.19 bits per heavy atom. The van der Waals surface area contributed by atoms with Gasteiger partial charge in [0, 0.05) is 20.2 Å². The highest BCUT2D eigenvalue weighted by atomic mass is 35.5. The Bertz CT molecular complexity index is 596. The van der Waals surface area contributed by atoms with Crippen LogP contribution in [0, 0.1) is 0 Å². The molecule has 0 saturated heterocycles. The van der Waals surface area contributed by atoms with Crippen LogP contribution in [0.3, 0.4) is 0 Å². The molecular formula is C14H21ClN4O2. The molecule has 2 aromatic rings. The fourth-order valence-corrected chi connectivity index (χ4v) is 2.14. The number of carbonyl (C=O) groups excluding carboxylic acids is 1. The van der Waals surface area contributed by atoms with E-state index in [0.717, 1.165) is 17.6 Å². The van der Waals surface area contributed by atoms with E-state index in [2.05, 4.69) is 10.3 Å². The number of nitrogens with one attached hydrogen (secondary N) is 1. The van der Waals surface area contributed by atoms with Gasteiger partial charge in [0.05, 0.1) is 23.6 Å². The lowest BCUT2D eigenvalue weighted by molar-refractivity contribution is -0.118. The van der Waals surface area contributed by atoms with Crippen LogP contribution in [0.1, 0.15) is 13.3 Å². The number of methoxy groups -OCH3 is 1. The number of para-hydroxylation sites is 2. The van der Waals surface area contributed by atoms with Crippen LogP contribution in [-0.2, 0) is 16.1 Å². The first-order valence-corrected chi connectivity index (χ1v) is 6.67. The number of ether oxygens (including phenoxy) is 1. The topological polar surface area (TPSA) is 82.2 Å². The van der Waals surface area contributed by atoms with Crippen LogP contribution in [-0.4, -0.2) is 35.2 Å². The highest BCUT2D eigenvalue weighted by Crippen LogP contribution is 2.19. The Hall–Kier alpha value is -1.63. The van der Waals surface area contributed by atoms with E-state index in [-0.39, 0.29) is 30.8 Å². The molecule has 1 amide bonds. The van der Waals surface area contributed by atoms with Crippen molar-refractivity contribution in [3.63, 3.8) is 0 Å². The third-order valence-corrected chi connectivity index (χ3v) is 3.23. The van der Waals surface area contributed by atoms with Gasteiger partial charge in [-0.1, -0.05) is 12.1 Å². The van der Waals surface area contributed by atoms with Crippen molar-refractivity contribution in [2.75, 3.05) is 19.0 Å². The van der Waals surface area contributed by atoms with E-state index in [1.54, 1.807) is 7.11 Å². The number of aromatic nitrogens is 2. The molecule has 21 heavy (non-hydrogen) atoms. The Morgan fingerprint density at radius 1 is 1.48 bits per heavy atom. The second kappa shape index (κ2) is 7.97. The van der Waals surface area contributed by atoms with Crippen LogP contribution in [0.15, 0.2) is 24.3 Å². The number of nitrogens with two attached hydrogens (primary N) is 1. The maximum atomic E-state index is 12.0. The first kappa shape index (κ1) is 17.4. The average molecular weight is 313 g/mol. The van der Waals surface area contributed by atoms with Crippen molar-refractivity contribution in [2.45, 2.75) is 26.0 Å². The minimum Gasteiger partial charge on any atom is -0.380 e. The maximum Gasteiger partial charge on any atom is 0.229 e. The number of halogens is 1. The molecule has 1 aromatic heterocycles. The lowest BCUT2D eigenvalue weighted by atomic mass is 10.2. The van der Waals surface area contributed by atoms with Crippen molar-refractivity contribution in [3.8, 4) is 0 Å². The Kier molecular flexibility index (Phi) is 6.61. The fourth-order valence-electron chi connectivity index (χ4n) is 2.14. The van der Waals surface area contributed by atoms with E-state index >= 15 is 0 Å². The summed E-state index contributed by atoms with van der Waals surface area (Å²) in [7, 11) is 1.55. The molecule has 116 valence electrons. The first-order valence-electron chi connectivity index (χ1n) is 6.67. The van der Waals surface area contributed by atoms with Crippen molar-refractivity contribution in [2.24, 2.45) is 5.73 Å². The van der Waals surface area contributed by atoms with E-state index in [1.165, 1.54) is 0 Å². The molecule has 1 aromatic carbocycles. The van der Waals surface area contributed by atoms with Crippen LogP contribution >= 0.6 is 12.4 Å². The minimum absolute atomic E-state index is 0. The van der Waals surface area contributed by atoms with Crippen molar-refractivity contribution in [1.29, 1.82) is 0 Å². The summed E-state index contributed by atoms with van der Waals surface area (Å²) < 4.78 is 7.08. The molecule has 0 fully saturated rings. The highest BCUT2D eigenvalue weighted by Gasteiger charge is 2.15. The Balaban J connectivity index is 0.00000220. The van der Waals surface area contributed by atoms with Crippen LogP contribution in [0.4, 0.5) is 5.95 Å². The molecular weight excluding hydrogens is 292 g/mol. The molecule has 0 spiro atoms. The quantitative estimate of drug-likeness (QED) is 0.852. The number of hydrogen-bond donors (Lipinski definition) is 2. The number of amides is 1. The van der Waals surface area contributed by atoms with Crippen molar-refractivity contribution in [1.82, 2.24) is 9.55 Å². The number of anilines is 1. The van der Waals surface area contributed by atoms with E-state index in [4.69, 9.17) is 10.5 Å². The highest BCUT2D eigenvalue weighted by molar-refractivity contribution is 5.91. The summed E-state index contributed by atoms with van der Waals surface area (Å²) in [4.78, 5) is 16.4. The predicted molar refractivity (Wildman–Crippen MR) is 85.8 cm³/mol. The Labute approximate surface area is 130 Å². The summed E-state index contributed by atoms with van der Waals surface area (Å²) in [5.41, 5.74) is 7.39. The van der Waals surface area contributed by atoms with Gasteiger partial charge in [0.1, 0.15) is 0 Å². The SMILES string of the molecule is CCn1c(NC(=O)CC(CN)OC)nc2ccccc21.Cl. The maximum absolute atomic E-state index is 12.0. The number of rotatable bonds is 6. The summed E-state index contributed by atoms with van der Waals surface area (Å²) in [5.74, 6) is 0.415. The number of imidazole rings is 1. The fraction of sp³-hybridized carbons (Fsp3) is 0.429. The monoisotopic (exact) mass is 312 g/mol. The van der Waals surface area contributed by atoms with E-state index in [0.29, 0.717) is 12.5 Å². The number of hydrogen-bond acceptors (Lipinski definition) is 4. The van der Waals surface area contributed by atoms with E-state index < -0.39 is 0 Å². The largest absolute Gasteiger partial charge is 0.380 e. The van der Waals surface area contributed by atoms with Crippen molar-refractivity contribution < 1.29 is 9.53 Å². The molecule has 0 aliphatic carbocycles. The second-order valence-corrected chi connectivity index (χ2v) is 4.51. The number of fused-ring (bicyclic) bond motifs is 1. The third-order valence-electron chi connectivity index (χ3n) is 3.23. The molecule has 3 N–H and O–H groups in total. The molecule has 0 radical (unpaired) electrons. The summed E-state index contributed by atoms with van der Waals surface area (Å²) in [6.45, 7) is 3.07. The van der Waals surface area contributed by atoms with Gasteiger partial charge in [-0.15, -0.1) is 12.4 Å². The molecule has 0 bridgehead atoms. The lowest BCUT2D eigenvalue weighted by Crippen LogP contribution is -2.28. The normalized spacial score (nSPS) is 12.0. The summed E-state index contributed by atoms with van der Waals surface area (Å²) in [5, 5.41) is 2.83. The van der Waals surface area contributed by atoms with Crippen molar-refractivity contribution in [3.05, 3.63) is 24.3 Å². The zero-order valence-corrected chi connectivity index (χ0v) is 13.0. The molecule has 0 saturated carbocycles. The molecule has 6 nitrogen and oxygen atoms in total. The number of carbonyl (C=O) groups is 1. The van der Waals surface area contributed by atoms with Crippen LogP contribution < -0.4 is 11.1 Å². The molecule has 1 atom stereocenters. The van der Waals surface area contributed by atoms with Gasteiger partial charge in [-0.3, -0.25) is 10.1 Å². The minimum atomic E-state index is -0.269. The van der Waals surface area contributed by atoms with Crippen LogP contribution in [0.25, 0.3) is 11.0 Å². The third kappa shape index (κ3) is 3.93. The summed E-state index contributed by atoms with van der Waals surface area (Å²) in [6.07, 6.45) is -0.0469. The van der Waals surface area contributed by atoms with Gasteiger partial charge in [-0.25, -0.2) is 4.98 Å². The van der Waals surface area contributed by atoms with Gasteiger partial charge in [0.25, 0.3) is 0 Å². The number of aryl methyl sites for hydroxylation is 1. The van der Waals surface area contributed by atoms with Gasteiger partial charge < -0.3 is 15.0 Å². The molecule has 7 heteroatoms. The molecule has 2 rings (SSSR count). The smallest absolute Gasteiger partial charge is 0.229 e. The standard InChI is InChI=1S/C14H20N4O2.ClH/c1-3-18-12-7-5-4-6-11(12)16-14(18)17-13(19)8-10(9-15)20-2;/h4-7,10H,3,8-9,15H2,1-2H3,(H,16,17,19);1H. The van der Waals surface area contributed by atoms with Gasteiger partial charge in [0.2, 0.25) is 11.9 Å². The zero-order chi connectivity index (χ0) is 14.5. The predicted octanol–water partition coefficient (Wildman–Crippen LogP) is 1.78. The number of benzene rings is 1. The summed E-state index contributed by atoms with van der Waals surface area (Å²) >= 11 is 0. The van der Waals surface area contributed by atoms with E-state index in [9.17, 15) is 4.79 Å². The zero-order valence-electron chi connectivity index (χ0n) is 12.2. The molecule has 1 unspecified atom stereocenters. The van der Waals surface area contributed by atoms with Crippen molar-refractivity contribution >= 4 is 35.3 Å². The van der Waals surface area contributed by atoms with Gasteiger partial charge >= 0.3 is 0 Å². The molecule has 1 heterocycles. The second-order valence-electron chi connectivity index (χ2n) is 4.51. The molecule has 0 aliphatic heterocycles. The van der Waals surface area contributed by atoms with Gasteiger partial charge in [-0.05, 0) is 19.1 Å². The number of nitrogens with zero attached hydrogens (tertiary/aromatic N) is 2.